The average molecular weight is 217 g/mol. The molecule has 1 aliphatic carbocycles. The molecule has 3 N–H and O–H groups in total. The highest BCUT2D eigenvalue weighted by molar-refractivity contribution is 7.43. The van der Waals surface area contributed by atoms with E-state index in [-0.39, 0.29) is 0 Å². The smallest absolute Gasteiger partial charge is 0.214 e. The van der Waals surface area contributed by atoms with Gasteiger partial charge in [0, 0.05) is 5.31 Å². The highest BCUT2D eigenvalue weighted by Gasteiger charge is 2.14. The van der Waals surface area contributed by atoms with Crippen LogP contribution in [0.5, 0.6) is 0 Å². The SMILES string of the molecule is NCCCC(=C1CCCCC1)[PH](=O)O. The van der Waals surface area contributed by atoms with Crippen LogP contribution in [0.3, 0.4) is 0 Å². The van der Waals surface area contributed by atoms with Crippen LogP contribution in [0.15, 0.2) is 10.9 Å². The van der Waals surface area contributed by atoms with Crippen LogP contribution in [0.25, 0.3) is 0 Å². The Hall–Kier alpha value is -0.110. The van der Waals surface area contributed by atoms with E-state index in [9.17, 15) is 9.46 Å². The quantitative estimate of drug-likeness (QED) is 0.711. The fraction of sp³-hybridized carbons (Fsp3) is 0.800. The van der Waals surface area contributed by atoms with Gasteiger partial charge < -0.3 is 10.6 Å². The van der Waals surface area contributed by atoms with Crippen molar-refractivity contribution in [3.63, 3.8) is 0 Å². The molecule has 4 heteroatoms. The molecule has 0 aromatic rings. The predicted molar refractivity (Wildman–Crippen MR) is 59.6 cm³/mol. The molecule has 1 rings (SSSR count). The van der Waals surface area contributed by atoms with E-state index in [1.54, 1.807) is 0 Å². The van der Waals surface area contributed by atoms with Crippen molar-refractivity contribution in [2.75, 3.05) is 6.54 Å². The zero-order chi connectivity index (χ0) is 10.4. The van der Waals surface area contributed by atoms with Crippen molar-refractivity contribution in [3.8, 4) is 0 Å². The molecule has 0 aromatic heterocycles. The summed E-state index contributed by atoms with van der Waals surface area (Å²) >= 11 is 0. The number of rotatable bonds is 4. The maximum Gasteiger partial charge on any atom is 0.214 e. The van der Waals surface area contributed by atoms with E-state index in [4.69, 9.17) is 5.73 Å². The second-order valence-corrected chi connectivity index (χ2v) is 5.05. The summed E-state index contributed by atoms with van der Waals surface area (Å²) in [5, 5.41) is 0.820. The molecule has 0 radical (unpaired) electrons. The molecule has 3 nitrogen and oxygen atoms in total. The van der Waals surface area contributed by atoms with Gasteiger partial charge in [-0.1, -0.05) is 12.0 Å². The van der Waals surface area contributed by atoms with E-state index in [1.165, 1.54) is 24.8 Å². The van der Waals surface area contributed by atoms with E-state index in [0.29, 0.717) is 6.54 Å². The number of hydrogen-bond acceptors (Lipinski definition) is 2. The Morgan fingerprint density at radius 2 is 2.00 bits per heavy atom. The van der Waals surface area contributed by atoms with Gasteiger partial charge in [0.05, 0.1) is 0 Å². The summed E-state index contributed by atoms with van der Waals surface area (Å²) in [5.41, 5.74) is 6.66. The Bertz CT molecular complexity index is 230. The second kappa shape index (κ2) is 6.39. The van der Waals surface area contributed by atoms with E-state index >= 15 is 0 Å². The molecule has 82 valence electrons. The monoisotopic (exact) mass is 217 g/mol. The summed E-state index contributed by atoms with van der Waals surface area (Å²) in [6.45, 7) is 0.603. The van der Waals surface area contributed by atoms with Crippen molar-refractivity contribution < 1.29 is 9.46 Å². The summed E-state index contributed by atoms with van der Waals surface area (Å²) in [4.78, 5) is 9.24. The zero-order valence-corrected chi connectivity index (χ0v) is 9.59. The van der Waals surface area contributed by atoms with Crippen LogP contribution in [0.4, 0.5) is 0 Å². The van der Waals surface area contributed by atoms with Gasteiger partial charge in [-0.2, -0.15) is 0 Å². The molecule has 0 heterocycles. The average Bonchev–Trinajstić information content (AvgIpc) is 2.19. The highest BCUT2D eigenvalue weighted by atomic mass is 31.1. The molecule has 0 aliphatic heterocycles. The summed E-state index contributed by atoms with van der Waals surface area (Å²) in [5.74, 6) is 0. The summed E-state index contributed by atoms with van der Waals surface area (Å²) in [7, 11) is -2.47. The van der Waals surface area contributed by atoms with Crippen molar-refractivity contribution >= 4 is 8.03 Å². The second-order valence-electron chi connectivity index (χ2n) is 3.84. The third-order valence-electron chi connectivity index (χ3n) is 2.77. The molecule has 0 saturated heterocycles. The standard InChI is InChI=1S/C10H20NO2P/c11-8-4-7-10(14(12)13)9-5-2-1-3-6-9/h14H,1-8,11H2,(H,12,13). The fourth-order valence-corrected chi connectivity index (χ4v) is 2.94. The van der Waals surface area contributed by atoms with E-state index in [0.717, 1.165) is 31.0 Å². The first kappa shape index (κ1) is 12.0. The van der Waals surface area contributed by atoms with Gasteiger partial charge in [0.15, 0.2) is 0 Å². The van der Waals surface area contributed by atoms with Gasteiger partial charge in [-0.05, 0) is 45.1 Å². The molecule has 0 aromatic carbocycles. The lowest BCUT2D eigenvalue weighted by atomic mass is 9.94. The lowest BCUT2D eigenvalue weighted by Gasteiger charge is -2.17. The van der Waals surface area contributed by atoms with Gasteiger partial charge >= 0.3 is 0 Å². The van der Waals surface area contributed by atoms with Crippen LogP contribution < -0.4 is 5.73 Å². The van der Waals surface area contributed by atoms with E-state index in [1.807, 2.05) is 0 Å². The maximum absolute atomic E-state index is 11.2. The van der Waals surface area contributed by atoms with Crippen molar-refractivity contribution in [1.29, 1.82) is 0 Å². The van der Waals surface area contributed by atoms with Crippen LogP contribution in [0.2, 0.25) is 0 Å². The molecule has 0 amide bonds. The summed E-state index contributed by atoms with van der Waals surface area (Å²) < 4.78 is 11.2. The Kier molecular flexibility index (Phi) is 5.46. The van der Waals surface area contributed by atoms with Crippen LogP contribution in [0, 0.1) is 0 Å². The summed E-state index contributed by atoms with van der Waals surface area (Å²) in [6.07, 6.45) is 7.22. The number of allylic oxidation sites excluding steroid dienone is 2. The molecule has 1 atom stereocenters. The highest BCUT2D eigenvalue weighted by Crippen LogP contribution is 2.39. The molecule has 14 heavy (non-hydrogen) atoms. The number of hydrogen-bond donors (Lipinski definition) is 2. The van der Waals surface area contributed by atoms with Gasteiger partial charge in [-0.3, -0.25) is 4.57 Å². The lowest BCUT2D eigenvalue weighted by molar-refractivity contribution is 0.504. The third-order valence-corrected chi connectivity index (χ3v) is 3.89. The Morgan fingerprint density at radius 1 is 1.36 bits per heavy atom. The first-order valence-corrected chi connectivity index (χ1v) is 6.75. The first-order valence-electron chi connectivity index (χ1n) is 5.40. The molecule has 0 bridgehead atoms. The Labute approximate surface area is 86.3 Å². The van der Waals surface area contributed by atoms with Crippen molar-refractivity contribution in [2.24, 2.45) is 5.73 Å². The molecular weight excluding hydrogens is 197 g/mol. The van der Waals surface area contributed by atoms with Crippen LogP contribution in [0.1, 0.15) is 44.9 Å². The minimum Gasteiger partial charge on any atom is -0.343 e. The Morgan fingerprint density at radius 3 is 2.50 bits per heavy atom. The van der Waals surface area contributed by atoms with Crippen molar-refractivity contribution in [2.45, 2.75) is 44.9 Å². The minimum absolute atomic E-state index is 0.603. The zero-order valence-electron chi connectivity index (χ0n) is 8.59. The van der Waals surface area contributed by atoms with Gasteiger partial charge in [0.2, 0.25) is 8.03 Å². The van der Waals surface area contributed by atoms with Crippen LogP contribution >= 0.6 is 8.03 Å². The predicted octanol–water partition coefficient (Wildman–Crippen LogP) is 2.41. The van der Waals surface area contributed by atoms with Gasteiger partial charge in [0.1, 0.15) is 0 Å². The first-order chi connectivity index (χ1) is 6.75. The van der Waals surface area contributed by atoms with E-state index < -0.39 is 8.03 Å². The molecule has 1 fully saturated rings. The van der Waals surface area contributed by atoms with Gasteiger partial charge in [-0.15, -0.1) is 0 Å². The number of nitrogens with two attached hydrogens (primary N) is 1. The van der Waals surface area contributed by atoms with E-state index in [2.05, 4.69) is 0 Å². The van der Waals surface area contributed by atoms with Crippen LogP contribution in [-0.4, -0.2) is 11.4 Å². The molecule has 1 unspecified atom stereocenters. The van der Waals surface area contributed by atoms with Gasteiger partial charge in [-0.25, -0.2) is 0 Å². The lowest BCUT2D eigenvalue weighted by Crippen LogP contribution is -2.01. The van der Waals surface area contributed by atoms with Crippen molar-refractivity contribution in [3.05, 3.63) is 10.9 Å². The summed E-state index contributed by atoms with van der Waals surface area (Å²) in [6, 6.07) is 0. The normalized spacial score (nSPS) is 19.4. The van der Waals surface area contributed by atoms with Gasteiger partial charge in [0.25, 0.3) is 0 Å². The molecule has 0 spiro atoms. The maximum atomic E-state index is 11.2. The molecular formula is C10H20NO2P. The van der Waals surface area contributed by atoms with Crippen LogP contribution in [-0.2, 0) is 4.57 Å². The molecule has 1 saturated carbocycles. The Balaban J connectivity index is 2.66. The topological polar surface area (TPSA) is 63.3 Å². The molecule has 1 aliphatic rings. The van der Waals surface area contributed by atoms with Crippen molar-refractivity contribution in [1.82, 2.24) is 0 Å². The fourth-order valence-electron chi connectivity index (χ4n) is 1.99. The largest absolute Gasteiger partial charge is 0.343 e. The third kappa shape index (κ3) is 3.56. The minimum atomic E-state index is -2.47.